The first-order valence-electron chi connectivity index (χ1n) is 5.50. The summed E-state index contributed by atoms with van der Waals surface area (Å²) in [7, 11) is 0. The third-order valence-corrected chi connectivity index (χ3v) is 3.13. The zero-order valence-corrected chi connectivity index (χ0v) is 10.1. The molecule has 1 aliphatic rings. The second-order valence-electron chi connectivity index (χ2n) is 4.23. The van der Waals surface area contributed by atoms with Gasteiger partial charge in [-0.2, -0.15) is 13.2 Å². The van der Waals surface area contributed by atoms with Crippen molar-refractivity contribution < 1.29 is 18.0 Å². The maximum Gasteiger partial charge on any atom is 0.416 e. The number of benzene rings is 1. The van der Waals surface area contributed by atoms with Crippen molar-refractivity contribution in [3.63, 3.8) is 0 Å². The second kappa shape index (κ2) is 4.80. The van der Waals surface area contributed by atoms with Crippen molar-refractivity contribution in [3.8, 4) is 0 Å². The van der Waals surface area contributed by atoms with Crippen LogP contribution < -0.4 is 5.32 Å². The molecular formula is C12H11ClF3NO. The Morgan fingerprint density at radius 2 is 1.94 bits per heavy atom. The van der Waals surface area contributed by atoms with Gasteiger partial charge >= 0.3 is 6.18 Å². The molecule has 6 heteroatoms. The Morgan fingerprint density at radius 1 is 1.33 bits per heavy atom. The van der Waals surface area contributed by atoms with Gasteiger partial charge in [-0.3, -0.25) is 4.79 Å². The van der Waals surface area contributed by atoms with Gasteiger partial charge in [0.15, 0.2) is 0 Å². The predicted octanol–water partition coefficient (Wildman–Crippen LogP) is 3.26. The number of rotatable bonds is 3. The average molecular weight is 278 g/mol. The monoisotopic (exact) mass is 277 g/mol. The minimum Gasteiger partial charge on any atom is -0.352 e. The summed E-state index contributed by atoms with van der Waals surface area (Å²) in [5.74, 6) is -0.573. The number of hydrogen-bond acceptors (Lipinski definition) is 1. The molecule has 1 unspecified atom stereocenters. The van der Waals surface area contributed by atoms with E-state index in [-0.39, 0.29) is 11.6 Å². The predicted molar refractivity (Wildman–Crippen MR) is 61.2 cm³/mol. The summed E-state index contributed by atoms with van der Waals surface area (Å²) in [6, 6.07) is 4.93. The molecule has 1 fully saturated rings. The Kier molecular flexibility index (Phi) is 3.52. The van der Waals surface area contributed by atoms with Crippen molar-refractivity contribution in [3.05, 3.63) is 35.4 Å². The van der Waals surface area contributed by atoms with Gasteiger partial charge in [-0.15, -0.1) is 11.6 Å². The third kappa shape index (κ3) is 2.96. The van der Waals surface area contributed by atoms with Crippen molar-refractivity contribution >= 4 is 17.5 Å². The number of alkyl halides is 4. The Bertz CT molecular complexity index is 457. The Hall–Kier alpha value is -1.23. The van der Waals surface area contributed by atoms with Crippen molar-refractivity contribution in [2.75, 3.05) is 0 Å². The van der Waals surface area contributed by atoms with Crippen molar-refractivity contribution in [2.45, 2.75) is 30.4 Å². The summed E-state index contributed by atoms with van der Waals surface area (Å²) in [6.45, 7) is 0. The minimum atomic E-state index is -4.51. The molecule has 0 spiro atoms. The molecule has 2 rings (SSSR count). The number of carbonyl (C=O) groups excluding carboxylic acids is 1. The largest absolute Gasteiger partial charge is 0.416 e. The lowest BCUT2D eigenvalue weighted by atomic mass is 10.0. The van der Waals surface area contributed by atoms with Crippen molar-refractivity contribution in [2.24, 2.45) is 0 Å². The second-order valence-corrected chi connectivity index (χ2v) is 4.67. The highest BCUT2D eigenvalue weighted by molar-refractivity contribution is 6.31. The van der Waals surface area contributed by atoms with Crippen LogP contribution in [0, 0.1) is 0 Å². The molecule has 0 aliphatic heterocycles. The van der Waals surface area contributed by atoms with Crippen molar-refractivity contribution in [1.82, 2.24) is 5.32 Å². The molecule has 0 heterocycles. The highest BCUT2D eigenvalue weighted by Gasteiger charge is 2.37. The van der Waals surface area contributed by atoms with Crippen LogP contribution in [0.15, 0.2) is 24.3 Å². The van der Waals surface area contributed by atoms with Crippen LogP contribution in [-0.4, -0.2) is 11.9 Å². The van der Waals surface area contributed by atoms with Crippen LogP contribution in [0.5, 0.6) is 0 Å². The van der Waals surface area contributed by atoms with E-state index in [1.165, 1.54) is 18.2 Å². The van der Waals surface area contributed by atoms with Gasteiger partial charge in [-0.05, 0) is 24.5 Å². The average Bonchev–Trinajstić information content (AvgIpc) is 3.11. The van der Waals surface area contributed by atoms with Gasteiger partial charge in [0.2, 0.25) is 5.91 Å². The normalized spacial score (nSPS) is 17.3. The number of hydrogen-bond donors (Lipinski definition) is 1. The highest BCUT2D eigenvalue weighted by Crippen LogP contribution is 2.36. The third-order valence-electron chi connectivity index (χ3n) is 2.69. The van der Waals surface area contributed by atoms with Gasteiger partial charge in [0.25, 0.3) is 0 Å². The Balaban J connectivity index is 2.23. The van der Waals surface area contributed by atoms with E-state index in [1.54, 1.807) is 0 Å². The quantitative estimate of drug-likeness (QED) is 0.844. The summed E-state index contributed by atoms with van der Waals surface area (Å²) in [5, 5.41) is 1.28. The van der Waals surface area contributed by atoms with Gasteiger partial charge in [-0.25, -0.2) is 0 Å². The fraction of sp³-hybridized carbons (Fsp3) is 0.417. The molecule has 1 atom stereocenters. The first-order chi connectivity index (χ1) is 8.39. The van der Waals surface area contributed by atoms with E-state index in [0.717, 1.165) is 18.9 Å². The molecule has 1 amide bonds. The molecule has 1 aromatic carbocycles. The molecule has 0 radical (unpaired) electrons. The lowest BCUT2D eigenvalue weighted by Crippen LogP contribution is -2.29. The summed E-state index contributed by atoms with van der Waals surface area (Å²) < 4.78 is 38.3. The molecule has 18 heavy (non-hydrogen) atoms. The van der Waals surface area contributed by atoms with Crippen LogP contribution in [0.3, 0.4) is 0 Å². The minimum absolute atomic E-state index is 0.0665. The number of nitrogens with one attached hydrogen (secondary N) is 1. The zero-order valence-electron chi connectivity index (χ0n) is 9.30. The lowest BCUT2D eigenvalue weighted by Gasteiger charge is -2.16. The van der Waals surface area contributed by atoms with E-state index < -0.39 is 23.0 Å². The van der Waals surface area contributed by atoms with E-state index in [9.17, 15) is 18.0 Å². The highest BCUT2D eigenvalue weighted by atomic mass is 35.5. The molecule has 2 nitrogen and oxygen atoms in total. The van der Waals surface area contributed by atoms with E-state index in [0.29, 0.717) is 0 Å². The van der Waals surface area contributed by atoms with Gasteiger partial charge in [0, 0.05) is 6.04 Å². The van der Waals surface area contributed by atoms with Gasteiger partial charge < -0.3 is 5.32 Å². The van der Waals surface area contributed by atoms with Crippen LogP contribution in [0.25, 0.3) is 0 Å². The summed E-state index contributed by atoms with van der Waals surface area (Å²) >= 11 is 5.83. The fourth-order valence-electron chi connectivity index (χ4n) is 1.62. The van der Waals surface area contributed by atoms with Gasteiger partial charge in [0.05, 0.1) is 5.56 Å². The number of amides is 1. The molecule has 98 valence electrons. The van der Waals surface area contributed by atoms with Crippen LogP contribution in [-0.2, 0) is 11.0 Å². The fourth-order valence-corrected chi connectivity index (χ4v) is 1.87. The smallest absolute Gasteiger partial charge is 0.352 e. The first kappa shape index (κ1) is 13.2. The number of halogens is 4. The molecule has 1 aromatic rings. The molecule has 1 N–H and O–H groups in total. The van der Waals surface area contributed by atoms with Crippen LogP contribution in [0.2, 0.25) is 0 Å². The van der Waals surface area contributed by atoms with E-state index in [4.69, 9.17) is 11.6 Å². The Morgan fingerprint density at radius 3 is 2.50 bits per heavy atom. The van der Waals surface area contributed by atoms with Gasteiger partial charge in [-0.1, -0.05) is 18.2 Å². The molecule has 0 saturated heterocycles. The summed E-state index contributed by atoms with van der Waals surface area (Å²) in [5.41, 5.74) is -1.07. The van der Waals surface area contributed by atoms with Crippen LogP contribution in [0.1, 0.15) is 29.3 Å². The topological polar surface area (TPSA) is 29.1 Å². The molecule has 0 aromatic heterocycles. The maximum atomic E-state index is 12.8. The molecule has 0 bridgehead atoms. The van der Waals surface area contributed by atoms with Crippen molar-refractivity contribution in [1.29, 1.82) is 0 Å². The number of carbonyl (C=O) groups is 1. The summed E-state index contributed by atoms with van der Waals surface area (Å²) in [6.07, 6.45) is -2.80. The molecule has 1 aliphatic carbocycles. The van der Waals surface area contributed by atoms with Crippen LogP contribution >= 0.6 is 11.6 Å². The van der Waals surface area contributed by atoms with E-state index in [2.05, 4.69) is 5.32 Å². The lowest BCUT2D eigenvalue weighted by molar-refractivity contribution is -0.138. The maximum absolute atomic E-state index is 12.8. The SMILES string of the molecule is O=C(NC1CC1)C(Cl)c1ccccc1C(F)(F)F. The Labute approximate surface area is 107 Å². The summed E-state index contributed by atoms with van der Waals surface area (Å²) in [4.78, 5) is 11.7. The first-order valence-corrected chi connectivity index (χ1v) is 5.94. The van der Waals surface area contributed by atoms with E-state index >= 15 is 0 Å². The molecular weight excluding hydrogens is 267 g/mol. The zero-order chi connectivity index (χ0) is 13.3. The van der Waals surface area contributed by atoms with Gasteiger partial charge in [0.1, 0.15) is 5.38 Å². The van der Waals surface area contributed by atoms with E-state index in [1.807, 2.05) is 0 Å². The molecule has 1 saturated carbocycles. The standard InChI is InChI=1S/C12H11ClF3NO/c13-10(11(18)17-7-5-6-7)8-3-1-2-4-9(8)12(14,15)16/h1-4,7,10H,5-6H2,(H,17,18). The van der Waals surface area contributed by atoms with Crippen LogP contribution in [0.4, 0.5) is 13.2 Å².